The number of ether oxygens (including phenoxy) is 1. The molecule has 1 rings (SSSR count). The fourth-order valence-corrected chi connectivity index (χ4v) is 1.21. The Kier molecular flexibility index (Phi) is 2.61. The first-order valence-corrected chi connectivity index (χ1v) is 3.94. The van der Waals surface area contributed by atoms with E-state index in [1.807, 2.05) is 0 Å². The van der Waals surface area contributed by atoms with Crippen LogP contribution in [0.2, 0.25) is 0 Å². The Bertz CT molecular complexity index is 347. The van der Waals surface area contributed by atoms with Crippen LogP contribution in [0, 0.1) is 0 Å². The van der Waals surface area contributed by atoms with Crippen LogP contribution in [0.5, 0.6) is 11.5 Å². The Hall–Kier alpha value is -1.45. The van der Waals surface area contributed by atoms with E-state index in [1.54, 1.807) is 13.9 Å². The van der Waals surface area contributed by atoms with Crippen LogP contribution < -0.4 is 10.2 Å². The number of rotatable bonds is 2. The van der Waals surface area contributed by atoms with E-state index in [0.29, 0.717) is 11.3 Å². The van der Waals surface area contributed by atoms with Gasteiger partial charge >= 0.3 is 0 Å². The number of phenols is 1. The van der Waals surface area contributed by atoms with Crippen molar-refractivity contribution in [1.29, 1.82) is 0 Å². The first-order valence-electron chi connectivity index (χ1n) is 3.94. The Morgan fingerprint density at radius 1 is 1.54 bits per heavy atom. The molecule has 4 heteroatoms. The SMILES string of the molecule is Bc1cc(OC)c(O)cc1C(C)=O. The highest BCUT2D eigenvalue weighted by atomic mass is 16.5. The molecule has 0 radical (unpaired) electrons. The minimum atomic E-state index is -0.0598. The molecular formula is C9H11BO3. The molecule has 1 aromatic carbocycles. The van der Waals surface area contributed by atoms with Crippen molar-refractivity contribution in [3.8, 4) is 11.5 Å². The van der Waals surface area contributed by atoms with Gasteiger partial charge in [-0.2, -0.15) is 0 Å². The Morgan fingerprint density at radius 3 is 2.62 bits per heavy atom. The van der Waals surface area contributed by atoms with E-state index in [4.69, 9.17) is 4.74 Å². The van der Waals surface area contributed by atoms with Gasteiger partial charge in [0.15, 0.2) is 17.3 Å². The molecule has 0 heterocycles. The van der Waals surface area contributed by atoms with E-state index in [-0.39, 0.29) is 11.5 Å². The third-order valence-electron chi connectivity index (χ3n) is 1.91. The molecule has 3 nitrogen and oxygen atoms in total. The fourth-order valence-electron chi connectivity index (χ4n) is 1.21. The lowest BCUT2D eigenvalue weighted by Crippen LogP contribution is -2.14. The van der Waals surface area contributed by atoms with Gasteiger partial charge in [0.1, 0.15) is 7.85 Å². The van der Waals surface area contributed by atoms with Crippen LogP contribution in [0.25, 0.3) is 0 Å². The lowest BCUT2D eigenvalue weighted by atomic mass is 9.88. The highest BCUT2D eigenvalue weighted by Gasteiger charge is 2.09. The summed E-state index contributed by atoms with van der Waals surface area (Å²) < 4.78 is 4.90. The number of Topliss-reactive ketones (excluding diaryl/α,β-unsaturated/α-hetero) is 1. The lowest BCUT2D eigenvalue weighted by Gasteiger charge is -2.07. The Labute approximate surface area is 77.7 Å². The summed E-state index contributed by atoms with van der Waals surface area (Å²) in [5, 5.41) is 9.39. The summed E-state index contributed by atoms with van der Waals surface area (Å²) in [6.07, 6.45) is 0. The van der Waals surface area contributed by atoms with Crippen molar-refractivity contribution in [3.63, 3.8) is 0 Å². The van der Waals surface area contributed by atoms with Gasteiger partial charge in [-0.1, -0.05) is 5.46 Å². The largest absolute Gasteiger partial charge is 0.504 e. The van der Waals surface area contributed by atoms with Gasteiger partial charge in [-0.05, 0) is 19.1 Å². The number of hydrogen-bond donors (Lipinski definition) is 1. The van der Waals surface area contributed by atoms with Gasteiger partial charge < -0.3 is 9.84 Å². The van der Waals surface area contributed by atoms with Gasteiger partial charge in [-0.25, -0.2) is 0 Å². The third kappa shape index (κ3) is 1.83. The lowest BCUT2D eigenvalue weighted by molar-refractivity contribution is 0.101. The highest BCUT2D eigenvalue weighted by Crippen LogP contribution is 2.24. The van der Waals surface area contributed by atoms with E-state index in [0.717, 1.165) is 5.46 Å². The second-order valence-corrected chi connectivity index (χ2v) is 2.90. The zero-order valence-corrected chi connectivity index (χ0v) is 7.92. The molecule has 0 atom stereocenters. The topological polar surface area (TPSA) is 46.5 Å². The zero-order valence-electron chi connectivity index (χ0n) is 7.92. The molecule has 0 bridgehead atoms. The van der Waals surface area contributed by atoms with E-state index in [1.165, 1.54) is 20.1 Å². The van der Waals surface area contributed by atoms with Crippen molar-refractivity contribution in [1.82, 2.24) is 0 Å². The van der Waals surface area contributed by atoms with Gasteiger partial charge in [0.05, 0.1) is 7.11 Å². The van der Waals surface area contributed by atoms with Crippen molar-refractivity contribution in [2.75, 3.05) is 7.11 Å². The molecular weight excluding hydrogens is 167 g/mol. The molecule has 0 amide bonds. The van der Waals surface area contributed by atoms with Crippen molar-refractivity contribution in [2.45, 2.75) is 6.92 Å². The van der Waals surface area contributed by atoms with E-state index >= 15 is 0 Å². The van der Waals surface area contributed by atoms with Gasteiger partial charge in [0.25, 0.3) is 0 Å². The molecule has 0 aliphatic heterocycles. The summed E-state index contributed by atoms with van der Waals surface area (Å²) in [7, 11) is 3.28. The van der Waals surface area contributed by atoms with Crippen LogP contribution in [0.1, 0.15) is 17.3 Å². The molecule has 0 saturated heterocycles. The van der Waals surface area contributed by atoms with Crippen molar-refractivity contribution in [3.05, 3.63) is 17.7 Å². The van der Waals surface area contributed by atoms with Gasteiger partial charge in [0.2, 0.25) is 0 Å². The number of methoxy groups -OCH3 is 1. The van der Waals surface area contributed by atoms with Crippen molar-refractivity contribution in [2.24, 2.45) is 0 Å². The fraction of sp³-hybridized carbons (Fsp3) is 0.222. The van der Waals surface area contributed by atoms with Crippen molar-refractivity contribution < 1.29 is 14.6 Å². The summed E-state index contributed by atoms with van der Waals surface area (Å²) in [6, 6.07) is 3.07. The maximum Gasteiger partial charge on any atom is 0.159 e. The average Bonchev–Trinajstić information content (AvgIpc) is 2.07. The molecule has 0 saturated carbocycles. The number of carbonyl (C=O) groups is 1. The molecule has 0 aliphatic rings. The minimum Gasteiger partial charge on any atom is -0.504 e. The smallest absolute Gasteiger partial charge is 0.159 e. The first kappa shape index (κ1) is 9.64. The van der Waals surface area contributed by atoms with Gasteiger partial charge in [0, 0.05) is 5.56 Å². The monoisotopic (exact) mass is 178 g/mol. The first-order chi connectivity index (χ1) is 6.06. The number of aromatic hydroxyl groups is 1. The number of benzene rings is 1. The number of ketones is 1. The van der Waals surface area contributed by atoms with Crippen LogP contribution in [-0.4, -0.2) is 25.8 Å². The van der Waals surface area contributed by atoms with Crippen LogP contribution in [0.4, 0.5) is 0 Å². The standard InChI is InChI=1S/C9H11BO3/c1-5(11)6-3-8(12)9(13-2)4-7(6)10/h3-4,12H,10H2,1-2H3. The summed E-state index contributed by atoms with van der Waals surface area (Å²) in [4.78, 5) is 11.1. The zero-order chi connectivity index (χ0) is 10.0. The normalized spacial score (nSPS) is 9.69. The molecule has 13 heavy (non-hydrogen) atoms. The molecule has 0 aliphatic carbocycles. The summed E-state index contributed by atoms with van der Waals surface area (Å²) in [6.45, 7) is 1.47. The highest BCUT2D eigenvalue weighted by molar-refractivity contribution is 6.36. The van der Waals surface area contributed by atoms with Gasteiger partial charge in [-0.3, -0.25) is 4.79 Å². The van der Waals surface area contributed by atoms with Crippen molar-refractivity contribution >= 4 is 19.1 Å². The van der Waals surface area contributed by atoms with Crippen LogP contribution >= 0.6 is 0 Å². The molecule has 0 fully saturated rings. The molecule has 68 valence electrons. The molecule has 1 aromatic rings. The average molecular weight is 178 g/mol. The van der Waals surface area contributed by atoms with Crippen LogP contribution in [0.15, 0.2) is 12.1 Å². The van der Waals surface area contributed by atoms with Crippen LogP contribution in [-0.2, 0) is 0 Å². The summed E-state index contributed by atoms with van der Waals surface area (Å²) >= 11 is 0. The molecule has 0 aromatic heterocycles. The third-order valence-corrected chi connectivity index (χ3v) is 1.91. The maximum absolute atomic E-state index is 11.1. The second kappa shape index (κ2) is 3.52. The summed E-state index contributed by atoms with van der Waals surface area (Å²) in [5.74, 6) is 0.330. The number of phenolic OH excluding ortho intramolecular Hbond substituents is 1. The predicted molar refractivity (Wildman–Crippen MR) is 52.8 cm³/mol. The Balaban J connectivity index is 3.28. The van der Waals surface area contributed by atoms with E-state index in [9.17, 15) is 9.90 Å². The number of carbonyl (C=O) groups excluding carboxylic acids is 1. The molecule has 0 unspecified atom stereocenters. The van der Waals surface area contributed by atoms with Crippen LogP contribution in [0.3, 0.4) is 0 Å². The quantitative estimate of drug-likeness (QED) is 0.506. The Morgan fingerprint density at radius 2 is 2.15 bits per heavy atom. The summed E-state index contributed by atoms with van der Waals surface area (Å²) in [5.41, 5.74) is 1.33. The van der Waals surface area contributed by atoms with E-state index in [2.05, 4.69) is 0 Å². The molecule has 1 N–H and O–H groups in total. The van der Waals surface area contributed by atoms with E-state index < -0.39 is 0 Å². The predicted octanol–water partition coefficient (Wildman–Crippen LogP) is -0.138. The van der Waals surface area contributed by atoms with Gasteiger partial charge in [-0.15, -0.1) is 0 Å². The molecule has 0 spiro atoms. The minimum absolute atomic E-state index is 0.00157. The maximum atomic E-state index is 11.1. The number of hydrogen-bond acceptors (Lipinski definition) is 3. The second-order valence-electron chi connectivity index (χ2n) is 2.90.